The maximum atomic E-state index is 11.9. The number of carbonyl (C=O) groups excluding carboxylic acids is 1. The van der Waals surface area contributed by atoms with Gasteiger partial charge in [-0.1, -0.05) is 25.3 Å². The molecule has 2 amide bonds. The third-order valence-corrected chi connectivity index (χ3v) is 4.48. The lowest BCUT2D eigenvalue weighted by molar-refractivity contribution is 0.232. The van der Waals surface area contributed by atoms with Gasteiger partial charge in [0.15, 0.2) is 0 Å². The first-order chi connectivity index (χ1) is 11.2. The Morgan fingerprint density at radius 1 is 1.17 bits per heavy atom. The molecule has 1 fully saturated rings. The van der Waals surface area contributed by atoms with Crippen molar-refractivity contribution in [2.24, 2.45) is 0 Å². The van der Waals surface area contributed by atoms with Crippen molar-refractivity contribution in [3.63, 3.8) is 0 Å². The van der Waals surface area contributed by atoms with Gasteiger partial charge in [-0.15, -0.1) is 0 Å². The summed E-state index contributed by atoms with van der Waals surface area (Å²) in [6.07, 6.45) is 6.64. The van der Waals surface area contributed by atoms with Crippen molar-refractivity contribution < 1.29 is 14.3 Å². The molecule has 0 saturated heterocycles. The van der Waals surface area contributed by atoms with Crippen LogP contribution in [0.3, 0.4) is 0 Å². The summed E-state index contributed by atoms with van der Waals surface area (Å²) < 4.78 is 10.8. The molecule has 1 saturated carbocycles. The van der Waals surface area contributed by atoms with E-state index in [2.05, 4.69) is 10.6 Å². The number of benzene rings is 1. The minimum absolute atomic E-state index is 0.0684. The Hall–Kier alpha value is -1.91. The second kappa shape index (κ2) is 8.65. The molecule has 5 nitrogen and oxygen atoms in total. The highest BCUT2D eigenvalue weighted by Gasteiger charge is 2.15. The Morgan fingerprint density at radius 2 is 1.91 bits per heavy atom. The lowest BCUT2D eigenvalue weighted by atomic mass is 9.96. The maximum Gasteiger partial charge on any atom is 0.315 e. The van der Waals surface area contributed by atoms with Crippen LogP contribution in [-0.4, -0.2) is 32.8 Å². The van der Waals surface area contributed by atoms with Crippen LogP contribution in [0.2, 0.25) is 0 Å². The van der Waals surface area contributed by atoms with Gasteiger partial charge >= 0.3 is 6.03 Å². The van der Waals surface area contributed by atoms with Crippen LogP contribution in [-0.2, 0) is 6.42 Å². The van der Waals surface area contributed by atoms with Gasteiger partial charge in [-0.2, -0.15) is 0 Å². The second-order valence-corrected chi connectivity index (χ2v) is 6.07. The van der Waals surface area contributed by atoms with Crippen LogP contribution in [0.4, 0.5) is 4.79 Å². The van der Waals surface area contributed by atoms with E-state index in [0.29, 0.717) is 12.6 Å². The minimum atomic E-state index is -0.0684. The van der Waals surface area contributed by atoms with E-state index < -0.39 is 0 Å². The first kappa shape index (κ1) is 17.4. The summed E-state index contributed by atoms with van der Waals surface area (Å²) in [4.78, 5) is 11.9. The van der Waals surface area contributed by atoms with Crippen molar-refractivity contribution in [2.75, 3.05) is 20.8 Å². The van der Waals surface area contributed by atoms with Crippen LogP contribution in [0.25, 0.3) is 0 Å². The van der Waals surface area contributed by atoms with Crippen LogP contribution >= 0.6 is 0 Å². The molecule has 1 aromatic rings. The number of hydrogen-bond donors (Lipinski definition) is 2. The number of amides is 2. The maximum absolute atomic E-state index is 11.9. The SMILES string of the molecule is COc1ccc(CCNC(=O)NC2CCCCC2)c(OC)c1C. The fraction of sp³-hybridized carbons (Fsp3) is 0.611. The molecule has 2 N–H and O–H groups in total. The molecule has 2 rings (SSSR count). The van der Waals surface area contributed by atoms with Gasteiger partial charge in [-0.05, 0) is 37.8 Å². The fourth-order valence-electron chi connectivity index (χ4n) is 3.23. The zero-order chi connectivity index (χ0) is 16.7. The second-order valence-electron chi connectivity index (χ2n) is 6.07. The monoisotopic (exact) mass is 320 g/mol. The summed E-state index contributed by atoms with van der Waals surface area (Å²) in [5, 5.41) is 6.00. The number of nitrogens with one attached hydrogen (secondary N) is 2. The van der Waals surface area contributed by atoms with Gasteiger partial charge in [-0.3, -0.25) is 0 Å². The zero-order valence-corrected chi connectivity index (χ0v) is 14.4. The average molecular weight is 320 g/mol. The summed E-state index contributed by atoms with van der Waals surface area (Å²) in [5.41, 5.74) is 2.06. The normalized spacial score (nSPS) is 15.1. The lowest BCUT2D eigenvalue weighted by Gasteiger charge is -2.23. The minimum Gasteiger partial charge on any atom is -0.496 e. The Kier molecular flexibility index (Phi) is 6.56. The molecule has 0 atom stereocenters. The van der Waals surface area contributed by atoms with Crippen molar-refractivity contribution >= 4 is 6.03 Å². The predicted octanol–water partition coefficient (Wildman–Crippen LogP) is 3.19. The van der Waals surface area contributed by atoms with E-state index >= 15 is 0 Å². The summed E-state index contributed by atoms with van der Waals surface area (Å²) in [7, 11) is 3.31. The third-order valence-electron chi connectivity index (χ3n) is 4.48. The lowest BCUT2D eigenvalue weighted by Crippen LogP contribution is -2.43. The Balaban J connectivity index is 1.83. The van der Waals surface area contributed by atoms with Crippen LogP contribution in [0, 0.1) is 6.92 Å². The van der Waals surface area contributed by atoms with E-state index in [1.165, 1.54) is 19.3 Å². The summed E-state index contributed by atoms with van der Waals surface area (Å²) in [6, 6.07) is 4.20. The molecular weight excluding hydrogens is 292 g/mol. The highest BCUT2D eigenvalue weighted by Crippen LogP contribution is 2.31. The van der Waals surface area contributed by atoms with E-state index in [9.17, 15) is 4.79 Å². The highest BCUT2D eigenvalue weighted by molar-refractivity contribution is 5.74. The molecule has 1 aromatic carbocycles. The molecule has 128 valence electrons. The Morgan fingerprint density at radius 3 is 2.57 bits per heavy atom. The molecular formula is C18H28N2O3. The van der Waals surface area contributed by atoms with Crippen molar-refractivity contribution in [2.45, 2.75) is 51.5 Å². The number of ether oxygens (including phenoxy) is 2. The van der Waals surface area contributed by atoms with Gasteiger partial charge in [0.05, 0.1) is 14.2 Å². The van der Waals surface area contributed by atoms with Crippen LogP contribution in [0.5, 0.6) is 11.5 Å². The standard InChI is InChI=1S/C18H28N2O3/c1-13-16(22-2)10-9-14(17(13)23-3)11-12-19-18(21)20-15-7-5-4-6-8-15/h9-10,15H,4-8,11-12H2,1-3H3,(H2,19,20,21). The molecule has 0 radical (unpaired) electrons. The summed E-state index contributed by atoms with van der Waals surface area (Å²) in [6.45, 7) is 2.56. The van der Waals surface area contributed by atoms with Gasteiger partial charge < -0.3 is 20.1 Å². The Labute approximate surface area is 138 Å². The summed E-state index contributed by atoms with van der Waals surface area (Å²) in [5.74, 6) is 1.65. The van der Waals surface area contributed by atoms with Gasteiger partial charge in [0, 0.05) is 18.2 Å². The fourth-order valence-corrected chi connectivity index (χ4v) is 3.23. The molecule has 0 heterocycles. The van der Waals surface area contributed by atoms with E-state index in [-0.39, 0.29) is 6.03 Å². The molecule has 1 aliphatic rings. The third kappa shape index (κ3) is 4.78. The average Bonchev–Trinajstić information content (AvgIpc) is 2.56. The van der Waals surface area contributed by atoms with E-state index in [0.717, 1.165) is 41.9 Å². The first-order valence-electron chi connectivity index (χ1n) is 8.40. The molecule has 0 aromatic heterocycles. The molecule has 0 unspecified atom stereocenters. The zero-order valence-electron chi connectivity index (χ0n) is 14.4. The number of urea groups is 1. The highest BCUT2D eigenvalue weighted by atomic mass is 16.5. The molecule has 1 aliphatic carbocycles. The summed E-state index contributed by atoms with van der Waals surface area (Å²) >= 11 is 0. The van der Waals surface area contributed by atoms with Gasteiger partial charge in [-0.25, -0.2) is 4.79 Å². The Bertz CT molecular complexity index is 525. The van der Waals surface area contributed by atoms with E-state index in [1.807, 2.05) is 19.1 Å². The van der Waals surface area contributed by atoms with Gasteiger partial charge in [0.25, 0.3) is 0 Å². The molecule has 0 spiro atoms. The first-order valence-corrected chi connectivity index (χ1v) is 8.40. The quantitative estimate of drug-likeness (QED) is 0.846. The van der Waals surface area contributed by atoms with Gasteiger partial charge in [0.2, 0.25) is 0 Å². The number of rotatable bonds is 6. The van der Waals surface area contributed by atoms with E-state index in [1.54, 1.807) is 14.2 Å². The van der Waals surface area contributed by atoms with Crippen molar-refractivity contribution in [3.8, 4) is 11.5 Å². The van der Waals surface area contributed by atoms with Crippen LogP contribution in [0.1, 0.15) is 43.2 Å². The topological polar surface area (TPSA) is 59.6 Å². The van der Waals surface area contributed by atoms with Crippen molar-refractivity contribution in [3.05, 3.63) is 23.3 Å². The largest absolute Gasteiger partial charge is 0.496 e. The number of carbonyl (C=O) groups is 1. The van der Waals surface area contributed by atoms with Crippen LogP contribution < -0.4 is 20.1 Å². The van der Waals surface area contributed by atoms with Crippen molar-refractivity contribution in [1.82, 2.24) is 10.6 Å². The van der Waals surface area contributed by atoms with Gasteiger partial charge in [0.1, 0.15) is 11.5 Å². The predicted molar refractivity (Wildman–Crippen MR) is 91.4 cm³/mol. The van der Waals surface area contributed by atoms with E-state index in [4.69, 9.17) is 9.47 Å². The molecule has 23 heavy (non-hydrogen) atoms. The smallest absolute Gasteiger partial charge is 0.315 e. The number of methoxy groups -OCH3 is 2. The number of hydrogen-bond acceptors (Lipinski definition) is 3. The van der Waals surface area contributed by atoms with Crippen molar-refractivity contribution in [1.29, 1.82) is 0 Å². The van der Waals surface area contributed by atoms with Crippen LogP contribution in [0.15, 0.2) is 12.1 Å². The molecule has 0 bridgehead atoms. The molecule has 5 heteroatoms. The molecule has 0 aliphatic heterocycles.